The molecule has 0 aromatic carbocycles. The summed E-state index contributed by atoms with van der Waals surface area (Å²) in [6.07, 6.45) is 6.56. The van der Waals surface area contributed by atoms with E-state index in [1.807, 2.05) is 6.92 Å². The number of carbonyl (C=O) groups excluding carboxylic acids is 1. The van der Waals surface area contributed by atoms with Crippen LogP contribution in [-0.4, -0.2) is 37.7 Å². The van der Waals surface area contributed by atoms with E-state index in [4.69, 9.17) is 4.74 Å². The van der Waals surface area contributed by atoms with Crippen LogP contribution in [0.15, 0.2) is 0 Å². The molecule has 104 valence electrons. The van der Waals surface area contributed by atoms with E-state index < -0.39 is 0 Å². The Morgan fingerprint density at radius 2 is 2.06 bits per heavy atom. The molecule has 0 radical (unpaired) electrons. The molecule has 1 saturated carbocycles. The lowest BCUT2D eigenvalue weighted by Crippen LogP contribution is -2.47. The molecule has 2 rings (SSSR count). The van der Waals surface area contributed by atoms with Crippen molar-refractivity contribution >= 4 is 5.91 Å². The Balaban J connectivity index is 1.53. The van der Waals surface area contributed by atoms with E-state index in [-0.39, 0.29) is 5.91 Å². The normalized spacial score (nSPS) is 28.7. The van der Waals surface area contributed by atoms with E-state index in [9.17, 15) is 4.79 Å². The molecule has 0 atom stereocenters. The number of rotatable bonds is 6. The number of amides is 1. The van der Waals surface area contributed by atoms with Crippen molar-refractivity contribution in [3.63, 3.8) is 0 Å². The van der Waals surface area contributed by atoms with Crippen LogP contribution in [-0.2, 0) is 9.53 Å². The van der Waals surface area contributed by atoms with Crippen LogP contribution in [0.1, 0.15) is 45.4 Å². The third kappa shape index (κ3) is 4.25. The van der Waals surface area contributed by atoms with Gasteiger partial charge in [0, 0.05) is 19.1 Å². The summed E-state index contributed by atoms with van der Waals surface area (Å²) in [4.78, 5) is 11.8. The van der Waals surface area contributed by atoms with E-state index in [0.29, 0.717) is 18.6 Å². The van der Waals surface area contributed by atoms with Crippen molar-refractivity contribution in [3.8, 4) is 0 Å². The number of ether oxygens (including phenoxy) is 1. The zero-order valence-electron chi connectivity index (χ0n) is 11.4. The van der Waals surface area contributed by atoms with E-state index in [2.05, 4.69) is 10.6 Å². The second kappa shape index (κ2) is 7.10. The fourth-order valence-electron chi connectivity index (χ4n) is 2.86. The van der Waals surface area contributed by atoms with Crippen molar-refractivity contribution in [1.82, 2.24) is 10.6 Å². The first kappa shape index (κ1) is 13.8. The Labute approximate surface area is 110 Å². The molecular formula is C14H26N2O2. The first-order valence-corrected chi connectivity index (χ1v) is 7.39. The van der Waals surface area contributed by atoms with Crippen molar-refractivity contribution in [2.24, 2.45) is 5.92 Å². The third-order valence-corrected chi connectivity index (χ3v) is 4.10. The second-order valence-electron chi connectivity index (χ2n) is 5.55. The van der Waals surface area contributed by atoms with Crippen molar-refractivity contribution in [1.29, 1.82) is 0 Å². The Morgan fingerprint density at radius 1 is 1.33 bits per heavy atom. The molecule has 4 nitrogen and oxygen atoms in total. The summed E-state index contributed by atoms with van der Waals surface area (Å²) < 4.78 is 5.49. The SMILES string of the molecule is CCOC1CC(NC(=O)CCC2CCNCC2)C1. The number of hydrogen-bond acceptors (Lipinski definition) is 3. The fourth-order valence-corrected chi connectivity index (χ4v) is 2.86. The van der Waals surface area contributed by atoms with Crippen LogP contribution < -0.4 is 10.6 Å². The largest absolute Gasteiger partial charge is 0.378 e. The predicted octanol–water partition coefficient (Wildman–Crippen LogP) is 1.45. The molecule has 1 aliphatic carbocycles. The summed E-state index contributed by atoms with van der Waals surface area (Å²) in [5.74, 6) is 0.975. The van der Waals surface area contributed by atoms with Gasteiger partial charge in [-0.25, -0.2) is 0 Å². The molecule has 1 amide bonds. The smallest absolute Gasteiger partial charge is 0.220 e. The minimum atomic E-state index is 0.230. The summed E-state index contributed by atoms with van der Waals surface area (Å²) >= 11 is 0. The monoisotopic (exact) mass is 254 g/mol. The maximum Gasteiger partial charge on any atom is 0.220 e. The van der Waals surface area contributed by atoms with Crippen LogP contribution >= 0.6 is 0 Å². The molecule has 0 spiro atoms. The van der Waals surface area contributed by atoms with Crippen molar-refractivity contribution < 1.29 is 9.53 Å². The Morgan fingerprint density at radius 3 is 2.72 bits per heavy atom. The Hall–Kier alpha value is -0.610. The highest BCUT2D eigenvalue weighted by atomic mass is 16.5. The molecule has 18 heavy (non-hydrogen) atoms. The molecule has 1 aliphatic heterocycles. The molecule has 0 bridgehead atoms. The van der Waals surface area contributed by atoms with Crippen molar-refractivity contribution in [3.05, 3.63) is 0 Å². The predicted molar refractivity (Wildman–Crippen MR) is 71.4 cm³/mol. The van der Waals surface area contributed by atoms with Crippen LogP contribution in [0.2, 0.25) is 0 Å². The van der Waals surface area contributed by atoms with Gasteiger partial charge in [0.1, 0.15) is 0 Å². The van der Waals surface area contributed by atoms with E-state index in [0.717, 1.165) is 44.9 Å². The van der Waals surface area contributed by atoms with Gasteiger partial charge in [0.2, 0.25) is 5.91 Å². The van der Waals surface area contributed by atoms with Crippen LogP contribution in [0.3, 0.4) is 0 Å². The summed E-state index contributed by atoms with van der Waals surface area (Å²) in [5.41, 5.74) is 0. The van der Waals surface area contributed by atoms with E-state index in [1.165, 1.54) is 12.8 Å². The lowest BCUT2D eigenvalue weighted by molar-refractivity contribution is -0.124. The number of hydrogen-bond donors (Lipinski definition) is 2. The van der Waals surface area contributed by atoms with Gasteiger partial charge in [0.25, 0.3) is 0 Å². The summed E-state index contributed by atoms with van der Waals surface area (Å²) in [6, 6.07) is 0.363. The molecule has 1 heterocycles. The van der Waals surface area contributed by atoms with Crippen LogP contribution in [0.5, 0.6) is 0 Å². The van der Waals surface area contributed by atoms with Gasteiger partial charge in [0.15, 0.2) is 0 Å². The van der Waals surface area contributed by atoms with Crippen molar-refractivity contribution in [2.75, 3.05) is 19.7 Å². The molecule has 4 heteroatoms. The average molecular weight is 254 g/mol. The summed E-state index contributed by atoms with van der Waals surface area (Å²) in [7, 11) is 0. The molecule has 0 unspecified atom stereocenters. The minimum Gasteiger partial charge on any atom is -0.378 e. The van der Waals surface area contributed by atoms with E-state index in [1.54, 1.807) is 0 Å². The number of piperidine rings is 1. The lowest BCUT2D eigenvalue weighted by atomic mass is 9.88. The van der Waals surface area contributed by atoms with Gasteiger partial charge in [-0.1, -0.05) is 0 Å². The van der Waals surface area contributed by atoms with Gasteiger partial charge < -0.3 is 15.4 Å². The molecule has 2 N–H and O–H groups in total. The van der Waals surface area contributed by atoms with Gasteiger partial charge in [0.05, 0.1) is 6.10 Å². The van der Waals surface area contributed by atoms with Gasteiger partial charge in [-0.15, -0.1) is 0 Å². The molecule has 1 saturated heterocycles. The van der Waals surface area contributed by atoms with Gasteiger partial charge in [-0.2, -0.15) is 0 Å². The lowest BCUT2D eigenvalue weighted by Gasteiger charge is -2.35. The van der Waals surface area contributed by atoms with Gasteiger partial charge >= 0.3 is 0 Å². The molecular weight excluding hydrogens is 228 g/mol. The Kier molecular flexibility index (Phi) is 5.45. The first-order valence-electron chi connectivity index (χ1n) is 7.39. The topological polar surface area (TPSA) is 50.4 Å². The Bertz CT molecular complexity index is 259. The number of nitrogens with one attached hydrogen (secondary N) is 2. The molecule has 2 aliphatic rings. The zero-order chi connectivity index (χ0) is 12.8. The minimum absolute atomic E-state index is 0.230. The summed E-state index contributed by atoms with van der Waals surface area (Å²) in [6.45, 7) is 5.03. The third-order valence-electron chi connectivity index (χ3n) is 4.10. The number of carbonyl (C=O) groups is 1. The van der Waals surface area contributed by atoms with Gasteiger partial charge in [-0.05, 0) is 58.0 Å². The maximum absolute atomic E-state index is 11.8. The van der Waals surface area contributed by atoms with Crippen LogP contribution in [0.25, 0.3) is 0 Å². The maximum atomic E-state index is 11.8. The molecule has 0 aromatic rings. The highest BCUT2D eigenvalue weighted by Gasteiger charge is 2.30. The fraction of sp³-hybridized carbons (Fsp3) is 0.929. The molecule has 2 fully saturated rings. The first-order chi connectivity index (χ1) is 8.78. The van der Waals surface area contributed by atoms with Crippen molar-refractivity contribution in [2.45, 2.75) is 57.6 Å². The highest BCUT2D eigenvalue weighted by molar-refractivity contribution is 5.76. The zero-order valence-corrected chi connectivity index (χ0v) is 11.4. The molecule has 0 aromatic heterocycles. The second-order valence-corrected chi connectivity index (χ2v) is 5.55. The van der Waals surface area contributed by atoms with Gasteiger partial charge in [-0.3, -0.25) is 4.79 Å². The van der Waals surface area contributed by atoms with Crippen LogP contribution in [0.4, 0.5) is 0 Å². The standard InChI is InChI=1S/C14H26N2O2/c1-2-18-13-9-12(10-13)16-14(17)4-3-11-5-7-15-8-6-11/h11-13,15H,2-10H2,1H3,(H,16,17). The summed E-state index contributed by atoms with van der Waals surface area (Å²) in [5, 5.41) is 6.46. The highest BCUT2D eigenvalue weighted by Crippen LogP contribution is 2.23. The quantitative estimate of drug-likeness (QED) is 0.754. The van der Waals surface area contributed by atoms with Crippen LogP contribution in [0, 0.1) is 5.92 Å². The average Bonchev–Trinajstić information content (AvgIpc) is 2.35. The van der Waals surface area contributed by atoms with E-state index >= 15 is 0 Å².